The van der Waals surface area contributed by atoms with Crippen LogP contribution in [0, 0.1) is 0 Å². The van der Waals surface area contributed by atoms with Crippen LogP contribution in [-0.2, 0) is 0 Å². The second-order valence-electron chi connectivity index (χ2n) is 7.10. The lowest BCUT2D eigenvalue weighted by Crippen LogP contribution is -2.44. The summed E-state index contributed by atoms with van der Waals surface area (Å²) in [5.74, 6) is 0.139. The Kier molecular flexibility index (Phi) is 6.40. The average molecular weight is 365 g/mol. The molecule has 1 N–H and O–H groups in total. The van der Waals surface area contributed by atoms with E-state index in [1.165, 1.54) is 0 Å². The van der Waals surface area contributed by atoms with Crippen molar-refractivity contribution in [3.8, 4) is 11.1 Å². The van der Waals surface area contributed by atoms with Crippen molar-refractivity contribution in [3.05, 3.63) is 59.7 Å². The maximum Gasteiger partial charge on any atom is 0.254 e. The number of ketones is 1. The molecule has 142 valence electrons. The second-order valence-corrected chi connectivity index (χ2v) is 7.10. The molecular formula is C23H27NO3. The Bertz CT molecular complexity index is 813. The number of hydrogen-bond donors (Lipinski definition) is 1. The van der Waals surface area contributed by atoms with Gasteiger partial charge in [-0.2, -0.15) is 0 Å². The lowest BCUT2D eigenvalue weighted by atomic mass is 9.96. The van der Waals surface area contributed by atoms with Gasteiger partial charge >= 0.3 is 0 Å². The third-order valence-electron chi connectivity index (χ3n) is 5.30. The molecule has 0 radical (unpaired) electrons. The standard InChI is InChI=1S/C23H27NO3/c1-2-22(26)19-9-5-7-17(15-19)18-8-6-10-20(16-18)23(27)24-13-4-3-11-21(24)12-14-25/h5-10,15-16,21,25H,2-4,11-14H2,1H3/t21-/m1/s1. The molecule has 0 spiro atoms. The Morgan fingerprint density at radius 3 is 2.37 bits per heavy atom. The maximum atomic E-state index is 13.1. The Balaban J connectivity index is 1.87. The number of likely N-dealkylation sites (tertiary alicyclic amines) is 1. The number of hydrogen-bond acceptors (Lipinski definition) is 3. The highest BCUT2D eigenvalue weighted by molar-refractivity contribution is 5.98. The molecule has 1 atom stereocenters. The van der Waals surface area contributed by atoms with Gasteiger partial charge in [-0.25, -0.2) is 0 Å². The van der Waals surface area contributed by atoms with Crippen molar-refractivity contribution in [2.24, 2.45) is 0 Å². The number of piperidine rings is 1. The van der Waals surface area contributed by atoms with Gasteiger partial charge in [-0.05, 0) is 55.0 Å². The molecule has 27 heavy (non-hydrogen) atoms. The van der Waals surface area contributed by atoms with Crippen LogP contribution in [0.15, 0.2) is 48.5 Å². The number of rotatable bonds is 6. The topological polar surface area (TPSA) is 57.6 Å². The van der Waals surface area contributed by atoms with Crippen molar-refractivity contribution < 1.29 is 14.7 Å². The first-order chi connectivity index (χ1) is 13.1. The van der Waals surface area contributed by atoms with Crippen LogP contribution in [0.4, 0.5) is 0 Å². The summed E-state index contributed by atoms with van der Waals surface area (Å²) in [7, 11) is 0. The van der Waals surface area contributed by atoms with Gasteiger partial charge in [0.2, 0.25) is 0 Å². The highest BCUT2D eigenvalue weighted by atomic mass is 16.3. The van der Waals surface area contributed by atoms with Crippen molar-refractivity contribution >= 4 is 11.7 Å². The van der Waals surface area contributed by atoms with Gasteiger partial charge in [-0.3, -0.25) is 9.59 Å². The number of amides is 1. The summed E-state index contributed by atoms with van der Waals surface area (Å²) in [5.41, 5.74) is 3.23. The maximum absolute atomic E-state index is 13.1. The fourth-order valence-electron chi connectivity index (χ4n) is 3.79. The van der Waals surface area contributed by atoms with Crippen molar-refractivity contribution in [2.75, 3.05) is 13.2 Å². The van der Waals surface area contributed by atoms with Crippen LogP contribution in [0.2, 0.25) is 0 Å². The van der Waals surface area contributed by atoms with Crippen LogP contribution >= 0.6 is 0 Å². The fourth-order valence-corrected chi connectivity index (χ4v) is 3.79. The summed E-state index contributed by atoms with van der Waals surface area (Å²) in [6.07, 6.45) is 4.17. The van der Waals surface area contributed by atoms with E-state index in [1.54, 1.807) is 0 Å². The normalized spacial score (nSPS) is 17.0. The number of aliphatic hydroxyl groups is 1. The van der Waals surface area contributed by atoms with E-state index in [1.807, 2.05) is 60.4 Å². The highest BCUT2D eigenvalue weighted by Gasteiger charge is 2.27. The zero-order chi connectivity index (χ0) is 19.2. The second kappa shape index (κ2) is 8.96. The average Bonchev–Trinajstić information content (AvgIpc) is 2.73. The summed E-state index contributed by atoms with van der Waals surface area (Å²) in [5, 5.41) is 9.31. The molecule has 1 aliphatic rings. The Labute approximate surface area is 160 Å². The molecule has 0 saturated carbocycles. The van der Waals surface area contributed by atoms with Crippen LogP contribution in [0.3, 0.4) is 0 Å². The Morgan fingerprint density at radius 1 is 1.04 bits per heavy atom. The number of carbonyl (C=O) groups excluding carboxylic acids is 2. The van der Waals surface area contributed by atoms with Gasteiger partial charge in [-0.15, -0.1) is 0 Å². The molecule has 1 aliphatic heterocycles. The lowest BCUT2D eigenvalue weighted by Gasteiger charge is -2.35. The molecule has 0 unspecified atom stereocenters. The van der Waals surface area contributed by atoms with Crippen LogP contribution in [0.1, 0.15) is 59.7 Å². The van der Waals surface area contributed by atoms with E-state index in [0.29, 0.717) is 24.0 Å². The Morgan fingerprint density at radius 2 is 1.70 bits per heavy atom. The van der Waals surface area contributed by atoms with Crippen LogP contribution < -0.4 is 0 Å². The molecule has 0 aliphatic carbocycles. The van der Waals surface area contributed by atoms with Crippen LogP contribution in [0.25, 0.3) is 11.1 Å². The Hall–Kier alpha value is -2.46. The summed E-state index contributed by atoms with van der Waals surface area (Å²) in [6.45, 7) is 2.71. The van der Waals surface area contributed by atoms with E-state index < -0.39 is 0 Å². The van der Waals surface area contributed by atoms with Gasteiger partial charge in [0.15, 0.2) is 5.78 Å². The molecule has 2 aromatic carbocycles. The predicted molar refractivity (Wildman–Crippen MR) is 107 cm³/mol. The van der Waals surface area contributed by atoms with Gasteiger partial charge in [0, 0.05) is 36.7 Å². The minimum absolute atomic E-state index is 0.0239. The first-order valence-electron chi connectivity index (χ1n) is 9.79. The first-order valence-corrected chi connectivity index (χ1v) is 9.79. The third-order valence-corrected chi connectivity index (χ3v) is 5.30. The molecule has 1 saturated heterocycles. The lowest BCUT2D eigenvalue weighted by molar-refractivity contribution is 0.0574. The number of aliphatic hydroxyl groups excluding tert-OH is 1. The van der Waals surface area contributed by atoms with Crippen LogP contribution in [0.5, 0.6) is 0 Å². The summed E-state index contributed by atoms with van der Waals surface area (Å²) in [4.78, 5) is 27.0. The third kappa shape index (κ3) is 4.45. The first kappa shape index (κ1) is 19.3. The molecular weight excluding hydrogens is 338 g/mol. The molecule has 0 bridgehead atoms. The zero-order valence-electron chi connectivity index (χ0n) is 15.9. The van der Waals surface area contributed by atoms with Crippen molar-refractivity contribution in [1.82, 2.24) is 4.90 Å². The van der Waals surface area contributed by atoms with E-state index >= 15 is 0 Å². The van der Waals surface area contributed by atoms with E-state index in [2.05, 4.69) is 0 Å². The quantitative estimate of drug-likeness (QED) is 0.776. The van der Waals surface area contributed by atoms with Crippen molar-refractivity contribution in [3.63, 3.8) is 0 Å². The summed E-state index contributed by atoms with van der Waals surface area (Å²) >= 11 is 0. The van der Waals surface area contributed by atoms with Gasteiger partial charge < -0.3 is 10.0 Å². The van der Waals surface area contributed by atoms with Crippen molar-refractivity contribution in [2.45, 2.75) is 45.1 Å². The van der Waals surface area contributed by atoms with E-state index in [0.717, 1.165) is 36.9 Å². The van der Waals surface area contributed by atoms with Crippen molar-refractivity contribution in [1.29, 1.82) is 0 Å². The van der Waals surface area contributed by atoms with Gasteiger partial charge in [0.05, 0.1) is 0 Å². The predicted octanol–water partition coefficient (Wildman–Crippen LogP) is 4.32. The fraction of sp³-hybridized carbons (Fsp3) is 0.391. The summed E-state index contributed by atoms with van der Waals surface area (Å²) < 4.78 is 0. The monoisotopic (exact) mass is 365 g/mol. The molecule has 4 heteroatoms. The van der Waals surface area contributed by atoms with E-state index in [9.17, 15) is 14.7 Å². The minimum atomic E-state index is 0.0239. The number of carbonyl (C=O) groups is 2. The van der Waals surface area contributed by atoms with Gasteiger partial charge in [-0.1, -0.05) is 37.3 Å². The molecule has 0 aromatic heterocycles. The molecule has 4 nitrogen and oxygen atoms in total. The van der Waals surface area contributed by atoms with Crippen LogP contribution in [-0.4, -0.2) is 40.9 Å². The van der Waals surface area contributed by atoms with E-state index in [-0.39, 0.29) is 24.3 Å². The number of benzene rings is 2. The summed E-state index contributed by atoms with van der Waals surface area (Å²) in [6, 6.07) is 15.3. The van der Waals surface area contributed by atoms with E-state index in [4.69, 9.17) is 0 Å². The highest BCUT2D eigenvalue weighted by Crippen LogP contribution is 2.25. The zero-order valence-corrected chi connectivity index (χ0v) is 15.9. The number of Topliss-reactive ketones (excluding diaryl/α,β-unsaturated/α-hetero) is 1. The minimum Gasteiger partial charge on any atom is -0.396 e. The SMILES string of the molecule is CCC(=O)c1cccc(-c2cccc(C(=O)N3CCCC[C@@H]3CCO)c2)c1. The molecule has 3 rings (SSSR count). The molecule has 1 amide bonds. The number of nitrogens with zero attached hydrogens (tertiary/aromatic N) is 1. The van der Waals surface area contributed by atoms with Gasteiger partial charge in [0.25, 0.3) is 5.91 Å². The van der Waals surface area contributed by atoms with Gasteiger partial charge in [0.1, 0.15) is 0 Å². The molecule has 1 heterocycles. The molecule has 2 aromatic rings. The smallest absolute Gasteiger partial charge is 0.254 e. The molecule has 1 fully saturated rings. The largest absolute Gasteiger partial charge is 0.396 e.